The van der Waals surface area contributed by atoms with Crippen LogP contribution in [0, 0.1) is 5.92 Å². The van der Waals surface area contributed by atoms with Gasteiger partial charge in [0.1, 0.15) is 11.3 Å². The molecule has 2 N–H and O–H groups in total. The highest BCUT2D eigenvalue weighted by Gasteiger charge is 2.27. The second-order valence-electron chi connectivity index (χ2n) is 10.1. The zero-order chi connectivity index (χ0) is 24.1. The number of rotatable bonds is 5. The summed E-state index contributed by atoms with van der Waals surface area (Å²) in [6, 6.07) is 11.9. The molecule has 180 valence electrons. The van der Waals surface area contributed by atoms with Crippen LogP contribution in [0.5, 0.6) is 0 Å². The van der Waals surface area contributed by atoms with E-state index in [2.05, 4.69) is 15.4 Å². The summed E-state index contributed by atoms with van der Waals surface area (Å²) in [5.41, 5.74) is 4.91. The van der Waals surface area contributed by atoms with Crippen LogP contribution in [0.2, 0.25) is 5.02 Å². The van der Waals surface area contributed by atoms with Gasteiger partial charge < -0.3 is 10.1 Å². The van der Waals surface area contributed by atoms with Crippen LogP contribution < -0.4 is 5.32 Å². The molecule has 3 aromatic rings. The molecular weight excluding hydrogens is 448 g/mol. The van der Waals surface area contributed by atoms with E-state index < -0.39 is 5.60 Å². The molecule has 7 heteroatoms. The average Bonchev–Trinajstić information content (AvgIpc) is 3.10. The van der Waals surface area contributed by atoms with Crippen molar-refractivity contribution in [3.05, 3.63) is 59.5 Å². The average molecular weight is 481 g/mol. The third-order valence-electron chi connectivity index (χ3n) is 6.31. The Morgan fingerprint density at radius 1 is 1.06 bits per heavy atom. The summed E-state index contributed by atoms with van der Waals surface area (Å²) in [5, 5.41) is 11.8. The molecule has 1 aliphatic carbocycles. The van der Waals surface area contributed by atoms with Crippen molar-refractivity contribution >= 4 is 17.7 Å². The van der Waals surface area contributed by atoms with Gasteiger partial charge >= 0.3 is 6.09 Å². The maximum absolute atomic E-state index is 12.1. The Bertz CT molecular complexity index is 1090. The van der Waals surface area contributed by atoms with Gasteiger partial charge in [0.2, 0.25) is 0 Å². The molecule has 6 nitrogen and oxygen atoms in total. The van der Waals surface area contributed by atoms with Gasteiger partial charge in [-0.1, -0.05) is 30.2 Å². The van der Waals surface area contributed by atoms with Gasteiger partial charge in [0.15, 0.2) is 0 Å². The number of carbonyl (C=O) groups excluding carboxylic acids is 1. The number of ether oxygens (including phenoxy) is 1. The minimum absolute atomic E-state index is 0.338. The number of aromatic amines is 1. The van der Waals surface area contributed by atoms with E-state index in [9.17, 15) is 4.79 Å². The quantitative estimate of drug-likeness (QED) is 0.386. The number of alkyl carbamates (subject to hydrolysis) is 1. The van der Waals surface area contributed by atoms with E-state index in [0.717, 1.165) is 54.5 Å². The number of halogens is 1. The van der Waals surface area contributed by atoms with Crippen LogP contribution in [-0.2, 0) is 4.74 Å². The lowest BCUT2D eigenvalue weighted by Crippen LogP contribution is -2.35. The molecule has 0 radical (unpaired) electrons. The molecule has 0 bridgehead atoms. The number of pyridine rings is 1. The molecule has 2 unspecified atom stereocenters. The van der Waals surface area contributed by atoms with E-state index in [0.29, 0.717) is 23.4 Å². The van der Waals surface area contributed by atoms with Gasteiger partial charge in [0, 0.05) is 46.7 Å². The third kappa shape index (κ3) is 6.17. The molecule has 1 saturated carbocycles. The number of nitrogens with zero attached hydrogens (tertiary/aromatic N) is 2. The monoisotopic (exact) mass is 480 g/mol. The molecule has 2 atom stereocenters. The van der Waals surface area contributed by atoms with Crippen LogP contribution in [0.1, 0.15) is 64.5 Å². The topological polar surface area (TPSA) is 79.9 Å². The first-order chi connectivity index (χ1) is 16.3. The summed E-state index contributed by atoms with van der Waals surface area (Å²) in [6.07, 6.45) is 8.68. The molecule has 0 spiro atoms. The number of hydrogen-bond donors (Lipinski definition) is 2. The standard InChI is InChI=1S/C27H33ClN4O2/c1-27(2,3)34-26(33)30-17-18-5-4-6-20(8-7-18)24-23(19-13-15-29-16-14-19)25(32-31-24)21-9-11-22(28)12-10-21/h9-16,18,20H,4-8,17H2,1-3H3,(H,30,33)(H,31,32). The smallest absolute Gasteiger partial charge is 0.407 e. The lowest BCUT2D eigenvalue weighted by molar-refractivity contribution is 0.0517. The molecule has 2 aromatic heterocycles. The normalized spacial score (nSPS) is 18.8. The van der Waals surface area contributed by atoms with Gasteiger partial charge in [-0.15, -0.1) is 0 Å². The molecule has 34 heavy (non-hydrogen) atoms. The lowest BCUT2D eigenvalue weighted by atomic mass is 9.89. The number of H-pyrrole nitrogens is 1. The van der Waals surface area contributed by atoms with Gasteiger partial charge in [-0.05, 0) is 82.2 Å². The Morgan fingerprint density at radius 2 is 1.79 bits per heavy atom. The molecule has 1 aliphatic rings. The highest BCUT2D eigenvalue weighted by Crippen LogP contribution is 2.41. The number of carbonyl (C=O) groups is 1. The van der Waals surface area contributed by atoms with Crippen molar-refractivity contribution < 1.29 is 9.53 Å². The van der Waals surface area contributed by atoms with Crippen molar-refractivity contribution in [2.24, 2.45) is 5.92 Å². The SMILES string of the molecule is CC(C)(C)OC(=O)NCC1CCCC(c2[nH]nc(-c3ccc(Cl)cc3)c2-c2ccncc2)CC1. The third-order valence-corrected chi connectivity index (χ3v) is 6.56. The second kappa shape index (κ2) is 10.6. The summed E-state index contributed by atoms with van der Waals surface area (Å²) in [7, 11) is 0. The number of benzene rings is 1. The summed E-state index contributed by atoms with van der Waals surface area (Å²) in [4.78, 5) is 16.3. The molecule has 1 amide bonds. The van der Waals surface area contributed by atoms with Crippen LogP contribution in [0.25, 0.3) is 22.4 Å². The minimum atomic E-state index is -0.482. The van der Waals surface area contributed by atoms with Gasteiger partial charge in [-0.25, -0.2) is 4.79 Å². The number of hydrogen-bond acceptors (Lipinski definition) is 4. The van der Waals surface area contributed by atoms with Gasteiger partial charge in [0.05, 0.1) is 0 Å². The maximum atomic E-state index is 12.1. The lowest BCUT2D eigenvalue weighted by Gasteiger charge is -2.21. The van der Waals surface area contributed by atoms with Gasteiger partial charge in [0.25, 0.3) is 0 Å². The molecule has 2 heterocycles. The Morgan fingerprint density at radius 3 is 2.50 bits per heavy atom. The summed E-state index contributed by atoms with van der Waals surface area (Å²) < 4.78 is 5.39. The predicted octanol–water partition coefficient (Wildman–Crippen LogP) is 6.98. The van der Waals surface area contributed by atoms with E-state index in [1.807, 2.05) is 69.6 Å². The van der Waals surface area contributed by atoms with Crippen molar-refractivity contribution in [3.8, 4) is 22.4 Å². The van der Waals surface area contributed by atoms with Crippen molar-refractivity contribution in [1.82, 2.24) is 20.5 Å². The van der Waals surface area contributed by atoms with Crippen molar-refractivity contribution in [2.45, 2.75) is 64.4 Å². The Hall–Kier alpha value is -2.86. The molecule has 0 aliphatic heterocycles. The van der Waals surface area contributed by atoms with Crippen LogP contribution in [0.4, 0.5) is 4.79 Å². The zero-order valence-electron chi connectivity index (χ0n) is 20.1. The first-order valence-electron chi connectivity index (χ1n) is 12.0. The van der Waals surface area contributed by atoms with E-state index in [1.54, 1.807) is 0 Å². The fourth-order valence-electron chi connectivity index (χ4n) is 4.69. The molecular formula is C27H33ClN4O2. The molecule has 4 rings (SSSR count). The zero-order valence-corrected chi connectivity index (χ0v) is 20.9. The summed E-state index contributed by atoms with van der Waals surface area (Å²) in [6.45, 7) is 6.29. The number of amides is 1. The Labute approximate surface area is 206 Å². The highest BCUT2D eigenvalue weighted by atomic mass is 35.5. The predicted molar refractivity (Wildman–Crippen MR) is 136 cm³/mol. The second-order valence-corrected chi connectivity index (χ2v) is 10.5. The Kier molecular flexibility index (Phi) is 7.57. The van der Waals surface area contributed by atoms with Gasteiger partial charge in [-0.2, -0.15) is 5.10 Å². The van der Waals surface area contributed by atoms with Crippen molar-refractivity contribution in [1.29, 1.82) is 0 Å². The van der Waals surface area contributed by atoms with E-state index >= 15 is 0 Å². The molecule has 1 aromatic carbocycles. The van der Waals surface area contributed by atoms with Gasteiger partial charge in [-0.3, -0.25) is 10.1 Å². The highest BCUT2D eigenvalue weighted by molar-refractivity contribution is 6.30. The fourth-order valence-corrected chi connectivity index (χ4v) is 4.82. The fraction of sp³-hybridized carbons (Fsp3) is 0.444. The molecule has 0 saturated heterocycles. The Balaban J connectivity index is 1.52. The molecule has 1 fully saturated rings. The van der Waals surface area contributed by atoms with Crippen LogP contribution in [0.3, 0.4) is 0 Å². The van der Waals surface area contributed by atoms with Crippen LogP contribution in [0.15, 0.2) is 48.8 Å². The van der Waals surface area contributed by atoms with Crippen molar-refractivity contribution in [3.63, 3.8) is 0 Å². The minimum Gasteiger partial charge on any atom is -0.444 e. The number of nitrogens with one attached hydrogen (secondary N) is 2. The first kappa shape index (κ1) is 24.3. The summed E-state index contributed by atoms with van der Waals surface area (Å²) in [5.74, 6) is 0.823. The van der Waals surface area contributed by atoms with E-state index in [4.69, 9.17) is 21.4 Å². The van der Waals surface area contributed by atoms with Crippen molar-refractivity contribution in [2.75, 3.05) is 6.54 Å². The van der Waals surface area contributed by atoms with Crippen LogP contribution >= 0.6 is 11.6 Å². The summed E-state index contributed by atoms with van der Waals surface area (Å²) >= 11 is 6.12. The van der Waals surface area contributed by atoms with E-state index in [-0.39, 0.29) is 6.09 Å². The largest absolute Gasteiger partial charge is 0.444 e. The number of aromatic nitrogens is 3. The van der Waals surface area contributed by atoms with E-state index in [1.165, 1.54) is 5.69 Å². The van der Waals surface area contributed by atoms with Crippen LogP contribution in [-0.4, -0.2) is 33.4 Å². The first-order valence-corrected chi connectivity index (χ1v) is 12.4. The maximum Gasteiger partial charge on any atom is 0.407 e.